The lowest BCUT2D eigenvalue weighted by Crippen LogP contribution is -2.62. The number of primary amides is 1. The fraction of sp³-hybridized carbons (Fsp3) is 0.484. The summed E-state index contributed by atoms with van der Waals surface area (Å²) in [5.41, 5.74) is 0.836. The Morgan fingerprint density at radius 1 is 0.884 bits per heavy atom. The smallest absolute Gasteiger partial charge is 0.409 e. The van der Waals surface area contributed by atoms with E-state index in [0.29, 0.717) is 42.4 Å². The lowest BCUT2D eigenvalue weighted by molar-refractivity contribution is -0.160. The van der Waals surface area contributed by atoms with Crippen LogP contribution in [-0.2, 0) is 75.5 Å². The number of thiophene rings is 1. The van der Waals surface area contributed by atoms with Gasteiger partial charge in [0.2, 0.25) is 48.1 Å². The number of likely N-dealkylation sites (tertiary alicyclic amines) is 1. The molecule has 4 saturated heterocycles. The molecule has 3 aromatic carbocycles. The summed E-state index contributed by atoms with van der Waals surface area (Å²) in [6, 6.07) is 4.80. The Balaban J connectivity index is 0.863. The quantitative estimate of drug-likeness (QED) is 0.0165. The lowest BCUT2D eigenvalue weighted by atomic mass is 9.91. The van der Waals surface area contributed by atoms with Gasteiger partial charge >= 0.3 is 25.3 Å². The van der Waals surface area contributed by atoms with E-state index in [1.165, 1.54) is 52.5 Å². The molecule has 31 heteroatoms. The number of piperidine rings is 2. The molecule has 508 valence electrons. The number of fused-ring (bicyclic) bond motifs is 3. The molecule has 9 rings (SSSR count). The number of esters is 1. The number of halogens is 4. The van der Waals surface area contributed by atoms with Gasteiger partial charge in [0.05, 0.1) is 23.9 Å². The number of nitrogens with two attached hydrogens (primary N) is 1. The van der Waals surface area contributed by atoms with Gasteiger partial charge in [0, 0.05) is 79.3 Å². The van der Waals surface area contributed by atoms with Crippen LogP contribution in [-0.4, -0.2) is 166 Å². The minimum Gasteiger partial charge on any atom is -0.453 e. The van der Waals surface area contributed by atoms with Gasteiger partial charge in [-0.1, -0.05) is 30.0 Å². The van der Waals surface area contributed by atoms with Crippen molar-refractivity contribution in [2.24, 2.45) is 17.1 Å². The molecule has 10 amide bonds. The van der Waals surface area contributed by atoms with E-state index in [9.17, 15) is 71.0 Å². The molecule has 7 N–H and O–H groups in total. The molecule has 4 aromatic rings. The van der Waals surface area contributed by atoms with Crippen molar-refractivity contribution in [3.05, 3.63) is 105 Å². The number of hydrogen-bond donors (Lipinski definition) is 6. The molecule has 0 radical (unpaired) electrons. The van der Waals surface area contributed by atoms with Gasteiger partial charge in [0.15, 0.2) is 11.6 Å². The molecule has 0 saturated carbocycles. The SMILES string of the molecule is COC(=O)N1CC[C@H]2CC[C@@H](C(=O)N[C@@H](CCC(N)=O)C(=O)N[C@@H](Cc3ccc(F)c(F)c3)C(=O)N3CCC(CCC#Cc4cccc5c4CN(C4CCC(=O)NC4=O)C5=O)CC3)N2C(=O)[C@@H](NC(=O)c2cc3cc(C(F)(F)P(=O)(O)OCOC(=O)C(C)(C)C)ccc3s2)C1. The topological polar surface area (TPSA) is 340 Å². The number of nitrogens with zero attached hydrogens (tertiary/aromatic N) is 4. The van der Waals surface area contributed by atoms with Gasteiger partial charge in [-0.15, -0.1) is 11.3 Å². The first-order valence-corrected chi connectivity index (χ1v) is 33.2. The van der Waals surface area contributed by atoms with Crippen LogP contribution in [0.25, 0.3) is 10.1 Å². The highest BCUT2D eigenvalue weighted by Crippen LogP contribution is 2.63. The summed E-state index contributed by atoms with van der Waals surface area (Å²) in [4.78, 5) is 164. The highest BCUT2D eigenvalue weighted by atomic mass is 32.1. The molecule has 0 bridgehead atoms. The minimum atomic E-state index is -5.85. The normalized spacial score (nSPS) is 20.6. The summed E-state index contributed by atoms with van der Waals surface area (Å²) >= 11 is 0.804. The van der Waals surface area contributed by atoms with Crippen molar-refractivity contribution >= 4 is 94.2 Å². The first-order chi connectivity index (χ1) is 44.9. The monoisotopic (exact) mass is 1360 g/mol. The fourth-order valence-electron chi connectivity index (χ4n) is 12.2. The van der Waals surface area contributed by atoms with Gasteiger partial charge in [-0.05, 0) is 137 Å². The van der Waals surface area contributed by atoms with Crippen molar-refractivity contribution in [2.45, 2.75) is 146 Å². The van der Waals surface area contributed by atoms with Gasteiger partial charge in [-0.2, -0.15) is 8.78 Å². The average molecular weight is 1360 g/mol. The molecule has 7 atom stereocenters. The van der Waals surface area contributed by atoms with Crippen molar-refractivity contribution in [2.75, 3.05) is 40.1 Å². The summed E-state index contributed by atoms with van der Waals surface area (Å²) in [5, 5.41) is 10.2. The molecule has 5 aliphatic heterocycles. The molecule has 1 aromatic heterocycles. The predicted molar refractivity (Wildman–Crippen MR) is 331 cm³/mol. The number of hydrogen-bond acceptors (Lipinski definition) is 16. The van der Waals surface area contributed by atoms with E-state index >= 15 is 8.78 Å². The number of alkyl halides is 2. The van der Waals surface area contributed by atoms with Crippen LogP contribution in [0.1, 0.15) is 134 Å². The number of amides is 10. The van der Waals surface area contributed by atoms with E-state index in [1.807, 2.05) is 0 Å². The maximum Gasteiger partial charge on any atom is 0.409 e. The van der Waals surface area contributed by atoms with Crippen molar-refractivity contribution in [1.82, 2.24) is 40.9 Å². The third kappa shape index (κ3) is 16.3. The summed E-state index contributed by atoms with van der Waals surface area (Å²) in [6.45, 7) is 3.29. The van der Waals surface area contributed by atoms with Crippen LogP contribution < -0.4 is 27.0 Å². The van der Waals surface area contributed by atoms with Crippen molar-refractivity contribution in [3.8, 4) is 11.8 Å². The Morgan fingerprint density at radius 2 is 1.62 bits per heavy atom. The number of ether oxygens (including phenoxy) is 2. The molecular weight excluding hydrogens is 1290 g/mol. The van der Waals surface area contributed by atoms with Gasteiger partial charge in [-0.25, -0.2) is 13.6 Å². The van der Waals surface area contributed by atoms with Gasteiger partial charge in [0.1, 0.15) is 30.2 Å². The summed E-state index contributed by atoms with van der Waals surface area (Å²) in [7, 11) is -4.74. The predicted octanol–water partition coefficient (Wildman–Crippen LogP) is 5.22. The van der Waals surface area contributed by atoms with E-state index in [2.05, 4.69) is 37.6 Å². The van der Waals surface area contributed by atoms with Crippen LogP contribution in [0.15, 0.2) is 60.7 Å². The third-order valence-corrected chi connectivity index (χ3v) is 20.0. The summed E-state index contributed by atoms with van der Waals surface area (Å²) < 4.78 is 87.5. The number of carbonyl (C=O) groups is 11. The molecule has 95 heavy (non-hydrogen) atoms. The van der Waals surface area contributed by atoms with Crippen LogP contribution in [0, 0.1) is 34.8 Å². The van der Waals surface area contributed by atoms with E-state index in [1.54, 1.807) is 18.2 Å². The second-order valence-corrected chi connectivity index (χ2v) is 27.9. The second kappa shape index (κ2) is 29.5. The van der Waals surface area contributed by atoms with Crippen LogP contribution in [0.4, 0.5) is 22.4 Å². The summed E-state index contributed by atoms with van der Waals surface area (Å²) in [5.74, 6) is -3.05. The number of rotatable bonds is 20. The minimum absolute atomic E-state index is 0.00617. The Kier molecular flexibility index (Phi) is 21.9. The Bertz CT molecular complexity index is 3850. The van der Waals surface area contributed by atoms with Crippen molar-refractivity contribution < 1.29 is 93.8 Å². The first-order valence-electron chi connectivity index (χ1n) is 30.8. The van der Waals surface area contributed by atoms with E-state index in [0.717, 1.165) is 48.8 Å². The number of nitrogens with one attached hydrogen (secondary N) is 4. The third-order valence-electron chi connectivity index (χ3n) is 17.5. The molecule has 0 aliphatic carbocycles. The zero-order valence-electron chi connectivity index (χ0n) is 52.3. The van der Waals surface area contributed by atoms with E-state index in [-0.39, 0.29) is 97.1 Å². The molecule has 25 nitrogen and oxygen atoms in total. The molecule has 0 spiro atoms. The van der Waals surface area contributed by atoms with Gasteiger partial charge < -0.3 is 55.7 Å². The maximum absolute atomic E-state index is 15.6. The average Bonchev–Trinajstić information content (AvgIpc) is 1.74. The van der Waals surface area contributed by atoms with Crippen LogP contribution in [0.3, 0.4) is 0 Å². The lowest BCUT2D eigenvalue weighted by Gasteiger charge is -2.38. The maximum atomic E-state index is 15.6. The Morgan fingerprint density at radius 3 is 2.32 bits per heavy atom. The highest BCUT2D eigenvalue weighted by Gasteiger charge is 2.54. The number of methoxy groups -OCH3 is 1. The van der Waals surface area contributed by atoms with Gasteiger partial charge in [0.25, 0.3) is 11.8 Å². The van der Waals surface area contributed by atoms with Crippen LogP contribution in [0.2, 0.25) is 0 Å². The van der Waals surface area contributed by atoms with Crippen molar-refractivity contribution in [1.29, 1.82) is 0 Å². The number of imide groups is 1. The van der Waals surface area contributed by atoms with E-state index < -0.39 is 158 Å². The zero-order valence-corrected chi connectivity index (χ0v) is 54.1. The van der Waals surface area contributed by atoms with Crippen molar-refractivity contribution in [3.63, 3.8) is 0 Å². The summed E-state index contributed by atoms with van der Waals surface area (Å²) in [6.07, 6.45) is 0.798. The molecule has 6 heterocycles. The largest absolute Gasteiger partial charge is 0.453 e. The fourth-order valence-corrected chi connectivity index (χ4v) is 14.0. The number of benzene rings is 3. The Labute approximate surface area is 547 Å². The highest BCUT2D eigenvalue weighted by molar-refractivity contribution is 7.53. The van der Waals surface area contributed by atoms with E-state index in [4.69, 9.17) is 15.2 Å². The molecular formula is C64H72F4N9O16PS. The standard InChI is InChI=1S/C64H72F4N9O16PS/c1-63(2,3)61(87)92-34-93-94(89,90)64(67,68)39-13-19-50-38(30-39)31-51(95-50)57(83)72-47-33-75(62(88)91-4)27-24-40-14-17-49(77(40)60(47)86)56(82)70-45(16-20-52(69)78)54(80)71-46(29-36-12-15-43(65)44(66)28-36)59(85)74-25-22-35(23-26-74)8-5-6-9-37-10-7-11-41-42(37)32-76(58(41)84)48-18-21-53(79)73-55(48)81/h7,10-13,15,19,28,30-31,35,40,45-49H,5,8,14,16-18,20-27,29,32-34H2,1-4H3,(H2,69,78)(H,70,82)(H,71,80)(H,72,83)(H,89,90)(H,73,79,81)/t40-,45+,46+,47+,48?,49+/m1/s1. The molecule has 5 aliphatic rings. The first kappa shape index (κ1) is 70.5. The zero-order chi connectivity index (χ0) is 68.8. The van der Waals surface area contributed by atoms with Gasteiger partial charge in [-0.3, -0.25) is 62.4 Å². The molecule has 4 fully saturated rings. The number of carbonyl (C=O) groups excluding carboxylic acids is 11. The van der Waals surface area contributed by atoms with Crippen LogP contribution >= 0.6 is 18.9 Å². The molecule has 2 unspecified atom stereocenters. The second-order valence-electron chi connectivity index (χ2n) is 25.0. The Hall–Kier alpha value is -8.78. The van der Waals surface area contributed by atoms with Crippen LogP contribution in [0.5, 0.6) is 0 Å².